The van der Waals surface area contributed by atoms with Crippen molar-refractivity contribution in [1.82, 2.24) is 0 Å². The zero-order chi connectivity index (χ0) is 21.7. The van der Waals surface area contributed by atoms with E-state index >= 15 is 0 Å². The van der Waals surface area contributed by atoms with Gasteiger partial charge < -0.3 is 5.32 Å². The molecule has 0 radical (unpaired) electrons. The van der Waals surface area contributed by atoms with E-state index in [0.29, 0.717) is 21.2 Å². The minimum absolute atomic E-state index is 0.0199. The van der Waals surface area contributed by atoms with Crippen LogP contribution in [0.3, 0.4) is 0 Å². The first-order valence-electron chi connectivity index (χ1n) is 8.39. The van der Waals surface area contributed by atoms with Crippen LogP contribution in [0, 0.1) is 32.8 Å². The van der Waals surface area contributed by atoms with Gasteiger partial charge in [-0.25, -0.2) is 0 Å². The number of nitrogens with one attached hydrogen (secondary N) is 1. The number of carbonyl (C=O) groups is 1. The van der Waals surface area contributed by atoms with E-state index < -0.39 is 10.8 Å². The van der Waals surface area contributed by atoms with Crippen LogP contribution in [0.2, 0.25) is 5.02 Å². The van der Waals surface area contributed by atoms with Crippen molar-refractivity contribution in [3.63, 3.8) is 0 Å². The first kappa shape index (κ1) is 20.9. The summed E-state index contributed by atoms with van der Waals surface area (Å²) in [6, 6.07) is 19.2. The van der Waals surface area contributed by atoms with Crippen molar-refractivity contribution in [2.45, 2.75) is 9.79 Å². The van der Waals surface area contributed by atoms with E-state index in [0.717, 1.165) is 17.8 Å². The van der Waals surface area contributed by atoms with Crippen molar-refractivity contribution in [1.29, 1.82) is 10.5 Å². The smallest absolute Gasteiger partial charge is 0.284 e. The summed E-state index contributed by atoms with van der Waals surface area (Å²) in [6.07, 6.45) is 0. The van der Waals surface area contributed by atoms with Gasteiger partial charge >= 0.3 is 0 Å². The Balaban J connectivity index is 1.99. The van der Waals surface area contributed by atoms with Crippen molar-refractivity contribution in [3.05, 3.63) is 92.5 Å². The topological polar surface area (TPSA) is 120 Å². The van der Waals surface area contributed by atoms with Crippen molar-refractivity contribution < 1.29 is 9.72 Å². The molecule has 0 aliphatic heterocycles. The van der Waals surface area contributed by atoms with Crippen molar-refractivity contribution in [3.8, 4) is 12.1 Å². The molecule has 0 aromatic heterocycles. The predicted molar refractivity (Wildman–Crippen MR) is 112 cm³/mol. The lowest BCUT2D eigenvalue weighted by atomic mass is 10.1. The van der Waals surface area contributed by atoms with E-state index in [1.807, 2.05) is 6.07 Å². The van der Waals surface area contributed by atoms with Crippen molar-refractivity contribution >= 4 is 40.6 Å². The van der Waals surface area contributed by atoms with Crippen LogP contribution in [0.4, 0.5) is 11.4 Å². The van der Waals surface area contributed by atoms with Gasteiger partial charge in [0.2, 0.25) is 0 Å². The Morgan fingerprint density at radius 1 is 1.00 bits per heavy atom. The van der Waals surface area contributed by atoms with Crippen molar-refractivity contribution in [2.24, 2.45) is 0 Å². The van der Waals surface area contributed by atoms with Gasteiger partial charge in [0.05, 0.1) is 26.5 Å². The maximum Gasteiger partial charge on any atom is 0.284 e. The van der Waals surface area contributed by atoms with Gasteiger partial charge in [-0.15, -0.1) is 0 Å². The highest BCUT2D eigenvalue weighted by atomic mass is 35.5. The van der Waals surface area contributed by atoms with Crippen LogP contribution in [-0.4, -0.2) is 10.8 Å². The van der Waals surface area contributed by atoms with Crippen LogP contribution in [0.25, 0.3) is 0 Å². The molecule has 1 amide bonds. The van der Waals surface area contributed by atoms with Gasteiger partial charge in [-0.1, -0.05) is 41.6 Å². The van der Waals surface area contributed by atoms with Crippen LogP contribution < -0.4 is 5.32 Å². The van der Waals surface area contributed by atoms with Crippen LogP contribution in [0.5, 0.6) is 0 Å². The maximum absolute atomic E-state index is 12.8. The van der Waals surface area contributed by atoms with Crippen molar-refractivity contribution in [2.75, 3.05) is 5.32 Å². The molecule has 1 N–H and O–H groups in total. The average molecular weight is 435 g/mol. The first-order chi connectivity index (χ1) is 14.4. The Bertz CT molecular complexity index is 1250. The number of carbonyl (C=O) groups excluding carboxylic acids is 1. The molecule has 7 nitrogen and oxygen atoms in total. The minimum Gasteiger partial charge on any atom is -0.322 e. The number of hydrogen-bond acceptors (Lipinski definition) is 6. The molecule has 0 saturated carbocycles. The van der Waals surface area contributed by atoms with Gasteiger partial charge in [-0.3, -0.25) is 14.9 Å². The summed E-state index contributed by atoms with van der Waals surface area (Å²) >= 11 is 6.92. The van der Waals surface area contributed by atoms with Crippen LogP contribution in [0.15, 0.2) is 70.5 Å². The van der Waals surface area contributed by atoms with E-state index in [9.17, 15) is 20.2 Å². The molecule has 0 aliphatic carbocycles. The summed E-state index contributed by atoms with van der Waals surface area (Å²) < 4.78 is 0. The van der Waals surface area contributed by atoms with E-state index in [-0.39, 0.29) is 21.7 Å². The van der Waals surface area contributed by atoms with Gasteiger partial charge in [0, 0.05) is 21.7 Å². The Hall–Kier alpha value is -3.85. The van der Waals surface area contributed by atoms with Crippen LogP contribution in [0.1, 0.15) is 21.5 Å². The average Bonchev–Trinajstić information content (AvgIpc) is 2.73. The number of nitriles is 2. The second-order valence-corrected chi connectivity index (χ2v) is 7.43. The van der Waals surface area contributed by atoms with E-state index in [2.05, 4.69) is 5.32 Å². The highest BCUT2D eigenvalue weighted by Gasteiger charge is 2.21. The van der Waals surface area contributed by atoms with Gasteiger partial charge in [-0.05, 0) is 36.4 Å². The highest BCUT2D eigenvalue weighted by Crippen LogP contribution is 2.38. The fraction of sp³-hybridized carbons (Fsp3) is 0. The van der Waals surface area contributed by atoms with Crippen LogP contribution in [-0.2, 0) is 0 Å². The number of hydrogen-bond donors (Lipinski definition) is 1. The number of halogens is 1. The molecular formula is C21H11ClN4O3S. The molecule has 0 heterocycles. The summed E-state index contributed by atoms with van der Waals surface area (Å²) in [6.45, 7) is 0. The van der Waals surface area contributed by atoms with Gasteiger partial charge in [0.25, 0.3) is 11.6 Å². The van der Waals surface area contributed by atoms with Gasteiger partial charge in [-0.2, -0.15) is 10.5 Å². The monoisotopic (exact) mass is 434 g/mol. The lowest BCUT2D eigenvalue weighted by Crippen LogP contribution is -2.12. The Morgan fingerprint density at radius 3 is 2.37 bits per heavy atom. The molecule has 3 rings (SSSR count). The van der Waals surface area contributed by atoms with E-state index in [1.165, 1.54) is 6.07 Å². The maximum atomic E-state index is 12.8. The molecule has 3 aromatic carbocycles. The third-order valence-corrected chi connectivity index (χ3v) is 5.33. The molecule has 9 heteroatoms. The quantitative estimate of drug-likeness (QED) is 0.424. The number of anilines is 1. The fourth-order valence-electron chi connectivity index (χ4n) is 2.60. The number of nitrogens with zero attached hydrogens (tertiary/aromatic N) is 3. The number of nitro benzene ring substituents is 1. The summed E-state index contributed by atoms with van der Waals surface area (Å²) in [4.78, 5) is 24.2. The molecule has 0 aliphatic rings. The number of rotatable bonds is 5. The number of amides is 1. The SMILES string of the molecule is N#Cc1cc(Sc2ccccc2C(=O)Nc2cccc(Cl)c2)c([N+](=O)[O-])cc1C#N. The fourth-order valence-corrected chi connectivity index (χ4v) is 3.86. The molecule has 0 fully saturated rings. The molecule has 0 bridgehead atoms. The highest BCUT2D eigenvalue weighted by molar-refractivity contribution is 7.99. The van der Waals surface area contributed by atoms with Crippen LogP contribution >= 0.6 is 23.4 Å². The zero-order valence-corrected chi connectivity index (χ0v) is 16.7. The normalized spacial score (nSPS) is 9.97. The molecule has 30 heavy (non-hydrogen) atoms. The summed E-state index contributed by atoms with van der Waals surface area (Å²) in [5, 5.41) is 33.0. The Morgan fingerprint density at radius 2 is 1.70 bits per heavy atom. The second-order valence-electron chi connectivity index (χ2n) is 5.91. The standard InChI is InChI=1S/C21H11ClN4O3S/c22-15-4-3-5-16(10-15)25-21(27)17-6-1-2-7-19(17)30-20-9-14(12-24)13(11-23)8-18(20)26(28)29/h1-10H,(H,25,27). The third-order valence-electron chi connectivity index (χ3n) is 3.97. The summed E-state index contributed by atoms with van der Waals surface area (Å²) in [5.74, 6) is -0.419. The molecular weight excluding hydrogens is 424 g/mol. The zero-order valence-electron chi connectivity index (χ0n) is 15.1. The lowest BCUT2D eigenvalue weighted by molar-refractivity contribution is -0.387. The number of nitro groups is 1. The molecule has 0 unspecified atom stereocenters. The Kier molecular flexibility index (Phi) is 6.33. The van der Waals surface area contributed by atoms with Gasteiger partial charge in [0.15, 0.2) is 0 Å². The third kappa shape index (κ3) is 4.58. The number of benzene rings is 3. The summed E-state index contributed by atoms with van der Waals surface area (Å²) in [7, 11) is 0. The minimum atomic E-state index is -0.626. The molecule has 0 atom stereocenters. The molecule has 0 saturated heterocycles. The molecule has 0 spiro atoms. The predicted octanol–water partition coefficient (Wildman–Crippen LogP) is 5.40. The molecule has 3 aromatic rings. The molecule has 146 valence electrons. The van der Waals surface area contributed by atoms with E-state index in [1.54, 1.807) is 54.6 Å². The van der Waals surface area contributed by atoms with E-state index in [4.69, 9.17) is 16.9 Å². The largest absolute Gasteiger partial charge is 0.322 e. The first-order valence-corrected chi connectivity index (χ1v) is 9.59. The summed E-state index contributed by atoms with van der Waals surface area (Å²) in [5.41, 5.74) is 0.413. The van der Waals surface area contributed by atoms with Gasteiger partial charge in [0.1, 0.15) is 12.1 Å². The Labute approximate surface area is 180 Å². The second kappa shape index (κ2) is 9.10. The lowest BCUT2D eigenvalue weighted by Gasteiger charge is -2.11.